The molecule has 1 heterocycles. The number of hydrogen-bond donors (Lipinski definition) is 2. The minimum atomic E-state index is -3.57. The van der Waals surface area contributed by atoms with Gasteiger partial charge in [-0.2, -0.15) is 0 Å². The summed E-state index contributed by atoms with van der Waals surface area (Å²) in [5, 5.41) is 10.4. The molecule has 0 saturated carbocycles. The average molecular weight is 438 g/mol. The molecule has 0 saturated heterocycles. The number of rotatable bonds is 6. The van der Waals surface area contributed by atoms with Crippen LogP contribution in [-0.2, 0) is 16.6 Å². The molecular weight excluding hydrogens is 422 g/mol. The van der Waals surface area contributed by atoms with Crippen molar-refractivity contribution < 1.29 is 13.5 Å². The largest absolute Gasteiger partial charge is 0.383 e. The van der Waals surface area contributed by atoms with E-state index in [2.05, 4.69) is 20.7 Å². The van der Waals surface area contributed by atoms with Crippen LogP contribution in [0.2, 0.25) is 0 Å². The lowest BCUT2D eigenvalue weighted by atomic mass is 10.1. The molecule has 0 spiro atoms. The molecule has 3 rings (SSSR count). The van der Waals surface area contributed by atoms with E-state index in [1.165, 1.54) is 11.3 Å². The second-order valence-electron chi connectivity index (χ2n) is 5.40. The van der Waals surface area contributed by atoms with E-state index in [0.717, 1.165) is 19.8 Å². The quantitative estimate of drug-likeness (QED) is 0.610. The fourth-order valence-electron chi connectivity index (χ4n) is 2.30. The highest BCUT2D eigenvalue weighted by atomic mass is 79.9. The Balaban J connectivity index is 1.68. The van der Waals surface area contributed by atoms with E-state index < -0.39 is 16.1 Å². The Kier molecular flexibility index (Phi) is 5.71. The Hall–Kier alpha value is -1.51. The summed E-state index contributed by atoms with van der Waals surface area (Å²) in [6, 6.07) is 19.5. The van der Waals surface area contributed by atoms with Gasteiger partial charge in [-0.05, 0) is 42.0 Å². The molecule has 2 aromatic carbocycles. The number of sulfonamides is 1. The molecule has 1 aromatic heterocycles. The fourth-order valence-corrected chi connectivity index (χ4v) is 4.63. The minimum absolute atomic E-state index is 0.185. The summed E-state index contributed by atoms with van der Waals surface area (Å²) in [4.78, 5) is 1.84. The number of halogens is 1. The zero-order chi connectivity index (χ0) is 17.9. The number of aliphatic hydroxyl groups excluding tert-OH is 1. The molecule has 2 N–H and O–H groups in total. The lowest BCUT2D eigenvalue weighted by Crippen LogP contribution is -2.22. The molecule has 0 aliphatic rings. The first-order chi connectivity index (χ1) is 12.0. The van der Waals surface area contributed by atoms with Gasteiger partial charge in [0.2, 0.25) is 10.0 Å². The van der Waals surface area contributed by atoms with Gasteiger partial charge in [-0.3, -0.25) is 0 Å². The van der Waals surface area contributed by atoms with Gasteiger partial charge in [0.25, 0.3) is 0 Å². The van der Waals surface area contributed by atoms with Gasteiger partial charge in [0.1, 0.15) is 6.10 Å². The molecule has 0 aliphatic heterocycles. The Morgan fingerprint density at radius 3 is 2.36 bits per heavy atom. The van der Waals surface area contributed by atoms with Gasteiger partial charge in [0, 0.05) is 20.8 Å². The SMILES string of the molecule is O=S(=O)(NCc1ccc(C(O)c2ccccc2)s1)c1ccc(Br)cc1. The first-order valence-electron chi connectivity index (χ1n) is 7.52. The van der Waals surface area contributed by atoms with Crippen molar-refractivity contribution in [1.29, 1.82) is 0 Å². The molecule has 3 aromatic rings. The molecule has 1 atom stereocenters. The van der Waals surface area contributed by atoms with Crippen molar-refractivity contribution in [3.05, 3.63) is 86.5 Å². The topological polar surface area (TPSA) is 66.4 Å². The molecule has 4 nitrogen and oxygen atoms in total. The fraction of sp³-hybridized carbons (Fsp3) is 0.111. The van der Waals surface area contributed by atoms with Crippen LogP contribution in [0.25, 0.3) is 0 Å². The van der Waals surface area contributed by atoms with Gasteiger partial charge in [-0.25, -0.2) is 13.1 Å². The van der Waals surface area contributed by atoms with Gasteiger partial charge in [0.15, 0.2) is 0 Å². The number of aliphatic hydroxyl groups is 1. The van der Waals surface area contributed by atoms with Crippen LogP contribution in [0.5, 0.6) is 0 Å². The maximum absolute atomic E-state index is 12.3. The molecule has 0 bridgehead atoms. The first kappa shape index (κ1) is 18.3. The molecule has 0 aliphatic carbocycles. The van der Waals surface area contributed by atoms with E-state index in [-0.39, 0.29) is 11.4 Å². The van der Waals surface area contributed by atoms with Gasteiger partial charge in [-0.1, -0.05) is 46.3 Å². The van der Waals surface area contributed by atoms with Crippen molar-refractivity contribution in [2.45, 2.75) is 17.5 Å². The highest BCUT2D eigenvalue weighted by Crippen LogP contribution is 2.28. The predicted octanol–water partition coefficient (Wildman–Crippen LogP) is 4.07. The van der Waals surface area contributed by atoms with Crippen molar-refractivity contribution in [1.82, 2.24) is 4.72 Å². The highest BCUT2D eigenvalue weighted by Gasteiger charge is 2.16. The molecule has 0 radical (unpaired) electrons. The molecule has 25 heavy (non-hydrogen) atoms. The Morgan fingerprint density at radius 1 is 1.00 bits per heavy atom. The number of hydrogen-bond acceptors (Lipinski definition) is 4. The highest BCUT2D eigenvalue weighted by molar-refractivity contribution is 9.10. The second kappa shape index (κ2) is 7.80. The van der Waals surface area contributed by atoms with Crippen LogP contribution in [0.4, 0.5) is 0 Å². The normalized spacial score (nSPS) is 12.9. The van der Waals surface area contributed by atoms with Crippen LogP contribution in [0.3, 0.4) is 0 Å². The van der Waals surface area contributed by atoms with Gasteiger partial charge < -0.3 is 5.11 Å². The summed E-state index contributed by atoms with van der Waals surface area (Å²) in [5.74, 6) is 0. The zero-order valence-electron chi connectivity index (χ0n) is 13.1. The predicted molar refractivity (Wildman–Crippen MR) is 103 cm³/mol. The van der Waals surface area contributed by atoms with Crippen LogP contribution in [-0.4, -0.2) is 13.5 Å². The molecule has 7 heteroatoms. The van der Waals surface area contributed by atoms with E-state index in [1.807, 2.05) is 42.5 Å². The van der Waals surface area contributed by atoms with E-state index in [9.17, 15) is 13.5 Å². The minimum Gasteiger partial charge on any atom is -0.383 e. The maximum atomic E-state index is 12.3. The van der Waals surface area contributed by atoms with E-state index in [0.29, 0.717) is 0 Å². The molecule has 1 unspecified atom stereocenters. The van der Waals surface area contributed by atoms with Crippen LogP contribution in [0.15, 0.2) is 76.1 Å². The number of thiophene rings is 1. The van der Waals surface area contributed by atoms with Crippen molar-refractivity contribution in [2.24, 2.45) is 0 Å². The summed E-state index contributed by atoms with van der Waals surface area (Å²) >= 11 is 4.68. The van der Waals surface area contributed by atoms with Crippen LogP contribution in [0, 0.1) is 0 Å². The first-order valence-corrected chi connectivity index (χ1v) is 10.6. The van der Waals surface area contributed by atoms with E-state index in [4.69, 9.17) is 0 Å². The van der Waals surface area contributed by atoms with Crippen molar-refractivity contribution >= 4 is 37.3 Å². The number of nitrogens with one attached hydrogen (secondary N) is 1. The zero-order valence-corrected chi connectivity index (χ0v) is 16.3. The lowest BCUT2D eigenvalue weighted by Gasteiger charge is -2.08. The third-order valence-corrected chi connectivity index (χ3v) is 6.71. The molecule has 0 amide bonds. The van der Waals surface area contributed by atoms with Crippen LogP contribution in [0.1, 0.15) is 21.4 Å². The third kappa shape index (κ3) is 4.56. The summed E-state index contributed by atoms with van der Waals surface area (Å²) < 4.78 is 28.0. The average Bonchev–Trinajstić information content (AvgIpc) is 3.10. The second-order valence-corrected chi connectivity index (χ2v) is 9.28. The smallest absolute Gasteiger partial charge is 0.240 e. The van der Waals surface area contributed by atoms with Gasteiger partial charge in [0.05, 0.1) is 4.90 Å². The number of benzene rings is 2. The van der Waals surface area contributed by atoms with Crippen molar-refractivity contribution in [2.75, 3.05) is 0 Å². The van der Waals surface area contributed by atoms with Gasteiger partial charge in [-0.15, -0.1) is 11.3 Å². The molecular formula is C18H16BrNO3S2. The van der Waals surface area contributed by atoms with Crippen molar-refractivity contribution in [3.8, 4) is 0 Å². The van der Waals surface area contributed by atoms with E-state index in [1.54, 1.807) is 24.3 Å². The summed E-state index contributed by atoms with van der Waals surface area (Å²) in [5.41, 5.74) is 0.811. The lowest BCUT2D eigenvalue weighted by molar-refractivity contribution is 0.224. The Bertz CT molecular complexity index is 938. The molecule has 0 fully saturated rings. The Labute approximate surface area is 159 Å². The molecule has 130 valence electrons. The third-order valence-electron chi connectivity index (χ3n) is 3.63. The van der Waals surface area contributed by atoms with Crippen LogP contribution < -0.4 is 4.72 Å². The van der Waals surface area contributed by atoms with Gasteiger partial charge >= 0.3 is 0 Å². The summed E-state index contributed by atoms with van der Waals surface area (Å²) in [6.07, 6.45) is -0.706. The van der Waals surface area contributed by atoms with Crippen LogP contribution >= 0.6 is 27.3 Å². The Morgan fingerprint density at radius 2 is 1.68 bits per heavy atom. The van der Waals surface area contributed by atoms with Crippen molar-refractivity contribution in [3.63, 3.8) is 0 Å². The monoisotopic (exact) mass is 437 g/mol. The maximum Gasteiger partial charge on any atom is 0.240 e. The summed E-state index contributed by atoms with van der Waals surface area (Å²) in [7, 11) is -3.57. The summed E-state index contributed by atoms with van der Waals surface area (Å²) in [6.45, 7) is 0.185. The van der Waals surface area contributed by atoms with E-state index >= 15 is 0 Å². The standard InChI is InChI=1S/C18H16BrNO3S2/c19-14-6-9-16(10-7-14)25(22,23)20-12-15-8-11-17(24-15)18(21)13-4-2-1-3-5-13/h1-11,18,20-21H,12H2.